The van der Waals surface area contributed by atoms with E-state index in [0.717, 1.165) is 5.39 Å². The Bertz CT molecular complexity index is 2860. The molecule has 0 fully saturated rings. The fourth-order valence-electron chi connectivity index (χ4n) is 7.95. The van der Waals surface area contributed by atoms with Crippen molar-refractivity contribution in [3.05, 3.63) is 190 Å². The minimum atomic E-state index is -6.13. The van der Waals surface area contributed by atoms with Gasteiger partial charge in [-0.05, 0) is 60.0 Å². The van der Waals surface area contributed by atoms with Crippen molar-refractivity contribution in [3.63, 3.8) is 0 Å². The number of halogens is 24. The molecule has 0 saturated carbocycles. The largest absolute Gasteiger partial charge is 0.416 e. The number of fused-ring (bicyclic) bond motifs is 1. The first-order valence-corrected chi connectivity index (χ1v) is 20.6. The minimum absolute atomic E-state index is 0.621. The van der Waals surface area contributed by atoms with Crippen LogP contribution < -0.4 is 31.4 Å². The molecule has 1 aromatic heterocycles. The highest BCUT2D eigenvalue weighted by molar-refractivity contribution is 7.20. The van der Waals surface area contributed by atoms with Crippen molar-refractivity contribution in [3.8, 4) is 11.8 Å². The second-order valence-corrected chi connectivity index (χ2v) is 16.4. The number of hydrogen-bond acceptors (Lipinski definition) is 2. The lowest BCUT2D eigenvalue weighted by Crippen LogP contribution is -2.75. The van der Waals surface area contributed by atoms with Gasteiger partial charge < -0.3 is 0 Å². The van der Waals surface area contributed by atoms with E-state index in [0.29, 0.717) is 11.3 Å². The summed E-state index contributed by atoms with van der Waals surface area (Å²) in [6.45, 7) is 0. The Labute approximate surface area is 409 Å². The lowest BCUT2D eigenvalue weighted by Gasteiger charge is -2.46. The number of hydrogen-bond donors (Lipinski definition) is 0. The summed E-state index contributed by atoms with van der Waals surface area (Å²) >= 11 is 0. The third-order valence-electron chi connectivity index (χ3n) is 11.3. The third-order valence-corrected chi connectivity index (χ3v) is 11.3. The van der Waals surface area contributed by atoms with Gasteiger partial charge in [0.15, 0.2) is 0 Å². The Morgan fingerprint density at radius 2 is 0.605 bits per heavy atom. The van der Waals surface area contributed by atoms with Crippen molar-refractivity contribution >= 4 is 38.8 Å². The van der Waals surface area contributed by atoms with Crippen molar-refractivity contribution in [1.29, 1.82) is 5.26 Å². The van der Waals surface area contributed by atoms with Gasteiger partial charge in [-0.15, -0.1) is 0 Å². The van der Waals surface area contributed by atoms with E-state index in [1.54, 1.807) is 29.0 Å². The second kappa shape index (κ2) is 19.8. The Morgan fingerprint density at radius 1 is 0.342 bits per heavy atom. The van der Waals surface area contributed by atoms with Gasteiger partial charge in [0.25, 0.3) is 0 Å². The lowest BCUT2D eigenvalue weighted by molar-refractivity contribution is -0.874. The van der Waals surface area contributed by atoms with E-state index in [9.17, 15) is 105 Å². The Hall–Kier alpha value is -7.60. The predicted octanol–water partition coefficient (Wildman–Crippen LogP) is 14.1. The number of nitriles is 1. The molecule has 7 aromatic rings. The maximum Gasteiger partial charge on any atom is 0.416 e. The number of rotatable bonds is 6. The quantitative estimate of drug-likeness (QED) is 0.0945. The van der Waals surface area contributed by atoms with Gasteiger partial charge in [0.1, 0.15) is 6.15 Å². The molecule has 0 amide bonds. The van der Waals surface area contributed by atoms with Crippen LogP contribution >= 0.6 is 0 Å². The van der Waals surface area contributed by atoms with Crippen LogP contribution in [0.3, 0.4) is 0 Å². The van der Waals surface area contributed by atoms with Crippen molar-refractivity contribution in [2.24, 2.45) is 0 Å². The topological polar surface area (TPSA) is 36.9 Å². The summed E-state index contributed by atoms with van der Waals surface area (Å²) in [6.07, 6.45) is -51.0. The molecule has 3 nitrogen and oxygen atoms in total. The van der Waals surface area contributed by atoms with Gasteiger partial charge >= 0.3 is 49.4 Å². The number of nitrogens with zero attached hydrogens (tertiary/aromatic N) is 2. The molecule has 0 N–H and O–H groups in total. The molecule has 0 unspecified atom stereocenters. The van der Waals surface area contributed by atoms with Gasteiger partial charge in [0.05, 0.1) is 61.5 Å². The molecular weight excluding hydrogens is 1090 g/mol. The van der Waals surface area contributed by atoms with Crippen molar-refractivity contribution < 1.29 is 115 Å². The first-order chi connectivity index (χ1) is 34.6. The van der Waals surface area contributed by atoms with Crippen molar-refractivity contribution in [2.75, 3.05) is 0 Å². The minimum Gasteiger partial charge on any atom is -0.232 e. The highest BCUT2D eigenvalue weighted by Gasteiger charge is 2.47. The number of alkyl halides is 24. The molecule has 402 valence electrons. The van der Waals surface area contributed by atoms with E-state index in [-0.39, 0.29) is 0 Å². The van der Waals surface area contributed by atoms with Crippen LogP contribution in [0.2, 0.25) is 0 Å². The number of pyridine rings is 1. The summed E-state index contributed by atoms with van der Waals surface area (Å²) in [7, 11) is 0. The van der Waals surface area contributed by atoms with Gasteiger partial charge in [-0.3, -0.25) is 0 Å². The summed E-state index contributed by atoms with van der Waals surface area (Å²) in [4.78, 5) is 5.69. The molecule has 6 aromatic carbocycles. The monoisotopic (exact) mass is 1110 g/mol. The van der Waals surface area contributed by atoms with Gasteiger partial charge in [-0.1, -0.05) is 66.7 Å². The Balaban J connectivity index is 0.000000408. The van der Waals surface area contributed by atoms with Crippen molar-refractivity contribution in [1.82, 2.24) is 0 Å². The third kappa shape index (κ3) is 12.9. The van der Waals surface area contributed by atoms with Crippen LogP contribution in [-0.2, 0) is 49.4 Å². The fraction of sp³-hybridized carbons (Fsp3) is 0.167. The van der Waals surface area contributed by atoms with Crippen LogP contribution in [0.15, 0.2) is 140 Å². The molecule has 28 heteroatoms. The highest BCUT2D eigenvalue weighted by Crippen LogP contribution is 2.41. The van der Waals surface area contributed by atoms with Crippen LogP contribution in [0.4, 0.5) is 105 Å². The van der Waals surface area contributed by atoms with E-state index in [4.69, 9.17) is 10.1 Å². The number of aromatic nitrogens is 1. The molecule has 0 atom stereocenters. The lowest BCUT2D eigenvalue weighted by atomic mass is 9.12. The first kappa shape index (κ1) is 57.7. The SMILES string of the molecule is FC(F)(F)c1cc([B-](c2cc(C(F)(F)F)cc(C(F)(F)F)c2)(c2cc(C(F)(F)F)cc(C(F)(F)F)c2)c2cc(C(F)(F)F)cc(C(F)(F)F)c2)cc(C(F)(F)F)c1.N#Cc1ccc(O[n+]2ccc3ccccc3c2)cc1. The van der Waals surface area contributed by atoms with Crippen LogP contribution in [-0.4, -0.2) is 6.15 Å². The molecule has 0 bridgehead atoms. The van der Waals surface area contributed by atoms with Crippen molar-refractivity contribution in [2.45, 2.75) is 49.4 Å². The Morgan fingerprint density at radius 3 is 0.855 bits per heavy atom. The summed E-state index contributed by atoms with van der Waals surface area (Å²) in [5.74, 6) is 0.694. The fourth-order valence-corrected chi connectivity index (χ4v) is 7.95. The van der Waals surface area contributed by atoms with Gasteiger partial charge in [0.2, 0.25) is 18.1 Å². The molecule has 0 radical (unpaired) electrons. The van der Waals surface area contributed by atoms with E-state index >= 15 is 0 Å². The van der Waals surface area contributed by atoms with Gasteiger partial charge in [-0.25, -0.2) is 4.84 Å². The Kier molecular flexibility index (Phi) is 15.1. The zero-order valence-corrected chi connectivity index (χ0v) is 36.7. The van der Waals surface area contributed by atoms with Crippen LogP contribution in [0.1, 0.15) is 50.1 Å². The van der Waals surface area contributed by atoms with Gasteiger partial charge in [0, 0.05) is 10.8 Å². The molecule has 76 heavy (non-hydrogen) atoms. The second-order valence-electron chi connectivity index (χ2n) is 16.4. The van der Waals surface area contributed by atoms with Crippen LogP contribution in [0, 0.1) is 11.3 Å². The zero-order chi connectivity index (χ0) is 57.0. The summed E-state index contributed by atoms with van der Waals surface area (Å²) in [5.41, 5.74) is -29.6. The average molecular weight is 1110 g/mol. The predicted molar refractivity (Wildman–Crippen MR) is 221 cm³/mol. The van der Waals surface area contributed by atoms with E-state index in [1.807, 2.05) is 36.7 Å². The molecule has 1 heterocycles. The molecule has 0 aliphatic rings. The smallest absolute Gasteiger partial charge is 0.232 e. The molecule has 7 rings (SSSR count). The molecular formula is C48H23BF24N2O. The summed E-state index contributed by atoms with van der Waals surface area (Å²) in [6, 6.07) is 10.4. The first-order valence-electron chi connectivity index (χ1n) is 20.6. The van der Waals surface area contributed by atoms with E-state index in [2.05, 4.69) is 12.1 Å². The highest BCUT2D eigenvalue weighted by atomic mass is 19.4. The van der Waals surface area contributed by atoms with Crippen LogP contribution in [0.5, 0.6) is 5.75 Å². The zero-order valence-electron chi connectivity index (χ0n) is 36.7. The molecule has 0 aliphatic heterocycles. The molecule has 0 saturated heterocycles. The maximum absolute atomic E-state index is 14.2. The number of benzene rings is 6. The van der Waals surface area contributed by atoms with Crippen LogP contribution in [0.25, 0.3) is 10.8 Å². The van der Waals surface area contributed by atoms with Gasteiger partial charge in [-0.2, -0.15) is 132 Å². The average Bonchev–Trinajstić information content (AvgIpc) is 3.29. The summed E-state index contributed by atoms with van der Waals surface area (Å²) in [5, 5.41) is 11.0. The van der Waals surface area contributed by atoms with E-state index < -0.39 is 195 Å². The summed E-state index contributed by atoms with van der Waals surface area (Å²) < 4.78 is 342. The molecule has 0 spiro atoms. The van der Waals surface area contributed by atoms with E-state index in [1.165, 1.54) is 5.39 Å². The maximum atomic E-state index is 14.2. The standard InChI is InChI=1S/C32H12BF24.C16H11N2O/c34-25(35,36)13-1-14(26(37,38)39)6-21(5-13)33(22-7-15(27(40,41)42)2-16(8-22)28(43,44)45,23-9-17(29(46,47)48)3-18(10-23)30(49,50)51)24-11-19(31(52,53)54)4-20(12-24)32(55,56)57;17-11-13-5-7-16(8-6-13)19-18-10-9-14-3-1-2-4-15(14)12-18/h1-12H;1-10,12H/q-1;+1. The normalized spacial score (nSPS) is 13.2. The molecule has 0 aliphatic carbocycles.